The lowest BCUT2D eigenvalue weighted by molar-refractivity contribution is -0.143. The number of benzene rings is 3. The molecular formula is C33H36N4O5. The number of carbonyl (C=O) groups is 4. The maximum absolute atomic E-state index is 13.7. The summed E-state index contributed by atoms with van der Waals surface area (Å²) in [4.78, 5) is 56.1. The van der Waals surface area contributed by atoms with Crippen molar-refractivity contribution in [3.8, 4) is 0 Å². The third-order valence-electron chi connectivity index (χ3n) is 7.93. The summed E-state index contributed by atoms with van der Waals surface area (Å²) in [5.41, 5.74) is 4.26. The molecule has 218 valence electrons. The van der Waals surface area contributed by atoms with Crippen molar-refractivity contribution in [3.05, 3.63) is 95.1 Å². The molecule has 4 amide bonds. The summed E-state index contributed by atoms with van der Waals surface area (Å²) in [6.07, 6.45) is 1.07. The third-order valence-corrected chi connectivity index (χ3v) is 7.93. The largest absolute Gasteiger partial charge is 0.364 e. The Labute approximate surface area is 246 Å². The van der Waals surface area contributed by atoms with Crippen molar-refractivity contribution in [2.75, 3.05) is 49.5 Å². The molecule has 3 aromatic rings. The van der Waals surface area contributed by atoms with Gasteiger partial charge in [-0.2, -0.15) is 0 Å². The number of carbonyl (C=O) groups excluding carboxylic acids is 4. The second-order valence-electron chi connectivity index (χ2n) is 10.7. The normalized spacial score (nSPS) is 16.8. The molecule has 0 aromatic heterocycles. The van der Waals surface area contributed by atoms with Crippen LogP contribution in [0.25, 0.3) is 0 Å². The number of fused-ring (bicyclic) bond motifs is 1. The van der Waals surface area contributed by atoms with Gasteiger partial charge in [-0.3, -0.25) is 19.2 Å². The molecule has 0 spiro atoms. The fourth-order valence-electron chi connectivity index (χ4n) is 5.51. The molecule has 1 atom stereocenters. The standard InChI is InChI=1S/C33H36N4O5/c1-23-8-3-4-9-27(23)32(40)34-26-15-13-25(14-16-26)33(41)37-17-7-12-30(28-10-5-6-11-29(28)37)42-22-31(39)36-20-18-35(19-21-36)24(2)38/h3-6,8-11,13-16,30H,7,12,17-22H2,1-2H3,(H,34,40). The topological polar surface area (TPSA) is 99.3 Å². The van der Waals surface area contributed by atoms with Gasteiger partial charge in [-0.15, -0.1) is 0 Å². The number of para-hydroxylation sites is 1. The summed E-state index contributed by atoms with van der Waals surface area (Å²) in [6, 6.07) is 22.0. The van der Waals surface area contributed by atoms with Crippen molar-refractivity contribution < 1.29 is 23.9 Å². The molecule has 0 saturated carbocycles. The number of piperazine rings is 1. The summed E-state index contributed by atoms with van der Waals surface area (Å²) in [6.45, 7) is 5.96. The van der Waals surface area contributed by atoms with Crippen molar-refractivity contribution in [2.45, 2.75) is 32.8 Å². The fourth-order valence-corrected chi connectivity index (χ4v) is 5.51. The second kappa shape index (κ2) is 13.0. The number of amides is 4. The number of anilines is 2. The van der Waals surface area contributed by atoms with E-state index in [-0.39, 0.29) is 36.3 Å². The Morgan fingerprint density at radius 2 is 1.50 bits per heavy atom. The maximum atomic E-state index is 13.7. The number of ether oxygens (including phenoxy) is 1. The lowest BCUT2D eigenvalue weighted by Gasteiger charge is -2.34. The second-order valence-corrected chi connectivity index (χ2v) is 10.7. The van der Waals surface area contributed by atoms with E-state index >= 15 is 0 Å². The smallest absolute Gasteiger partial charge is 0.258 e. The molecular weight excluding hydrogens is 532 g/mol. The minimum Gasteiger partial charge on any atom is -0.364 e. The van der Waals surface area contributed by atoms with Crippen molar-refractivity contribution in [3.63, 3.8) is 0 Å². The van der Waals surface area contributed by atoms with Crippen LogP contribution in [-0.4, -0.2) is 72.8 Å². The number of rotatable bonds is 6. The molecule has 1 saturated heterocycles. The van der Waals surface area contributed by atoms with Crippen LogP contribution >= 0.6 is 0 Å². The molecule has 2 aliphatic rings. The SMILES string of the molecule is CC(=O)N1CCN(C(=O)COC2CCCN(C(=O)c3ccc(NC(=O)c4ccccc4C)cc3)c3ccccc32)CC1. The molecule has 2 heterocycles. The first kappa shape index (κ1) is 29.0. The molecule has 0 bridgehead atoms. The van der Waals surface area contributed by atoms with E-state index in [9.17, 15) is 19.2 Å². The Balaban J connectivity index is 1.24. The molecule has 0 radical (unpaired) electrons. The van der Waals surface area contributed by atoms with Gasteiger partial charge >= 0.3 is 0 Å². The van der Waals surface area contributed by atoms with Crippen LogP contribution in [-0.2, 0) is 14.3 Å². The van der Waals surface area contributed by atoms with Crippen LogP contribution in [0.3, 0.4) is 0 Å². The lowest BCUT2D eigenvalue weighted by atomic mass is 10.0. The fraction of sp³-hybridized carbons (Fsp3) is 0.333. The van der Waals surface area contributed by atoms with Gasteiger partial charge in [0.05, 0.1) is 6.10 Å². The molecule has 1 fully saturated rings. The zero-order chi connectivity index (χ0) is 29.6. The Morgan fingerprint density at radius 3 is 2.21 bits per heavy atom. The lowest BCUT2D eigenvalue weighted by Crippen LogP contribution is -2.50. The highest BCUT2D eigenvalue weighted by Crippen LogP contribution is 2.36. The van der Waals surface area contributed by atoms with Crippen LogP contribution in [0.4, 0.5) is 11.4 Å². The average Bonchev–Trinajstić information content (AvgIpc) is 3.19. The predicted molar refractivity (Wildman–Crippen MR) is 160 cm³/mol. The molecule has 1 unspecified atom stereocenters. The first-order valence-electron chi connectivity index (χ1n) is 14.3. The predicted octanol–water partition coefficient (Wildman–Crippen LogP) is 4.44. The summed E-state index contributed by atoms with van der Waals surface area (Å²) in [5, 5.41) is 2.90. The van der Waals surface area contributed by atoms with Crippen LogP contribution in [0.5, 0.6) is 0 Å². The van der Waals surface area contributed by atoms with Crippen molar-refractivity contribution >= 4 is 35.0 Å². The molecule has 42 heavy (non-hydrogen) atoms. The van der Waals surface area contributed by atoms with E-state index in [4.69, 9.17) is 4.74 Å². The Hall–Kier alpha value is -4.50. The minimum absolute atomic E-state index is 0.0216. The minimum atomic E-state index is -0.319. The Morgan fingerprint density at radius 1 is 0.833 bits per heavy atom. The number of hydrogen-bond acceptors (Lipinski definition) is 5. The summed E-state index contributed by atoms with van der Waals surface area (Å²) in [7, 11) is 0. The van der Waals surface area contributed by atoms with Crippen LogP contribution in [0.1, 0.15) is 57.7 Å². The maximum Gasteiger partial charge on any atom is 0.258 e. The van der Waals surface area contributed by atoms with Gasteiger partial charge in [0, 0.05) is 67.7 Å². The van der Waals surface area contributed by atoms with E-state index in [1.165, 1.54) is 0 Å². The number of nitrogens with one attached hydrogen (secondary N) is 1. The van der Waals surface area contributed by atoms with Gasteiger partial charge in [-0.05, 0) is 61.7 Å². The molecule has 1 N–H and O–H groups in total. The molecule has 0 aliphatic carbocycles. The van der Waals surface area contributed by atoms with Crippen molar-refractivity contribution in [1.29, 1.82) is 0 Å². The van der Waals surface area contributed by atoms with Gasteiger partial charge in [0.25, 0.3) is 11.8 Å². The Kier molecular flexibility index (Phi) is 8.97. The third kappa shape index (κ3) is 6.52. The highest BCUT2D eigenvalue weighted by atomic mass is 16.5. The van der Waals surface area contributed by atoms with Gasteiger partial charge in [0.2, 0.25) is 11.8 Å². The van der Waals surface area contributed by atoms with Gasteiger partial charge in [-0.25, -0.2) is 0 Å². The molecule has 2 aliphatic heterocycles. The van der Waals surface area contributed by atoms with Gasteiger partial charge < -0.3 is 24.8 Å². The van der Waals surface area contributed by atoms with E-state index in [2.05, 4.69) is 5.32 Å². The quantitative estimate of drug-likeness (QED) is 0.474. The summed E-state index contributed by atoms with van der Waals surface area (Å²) < 4.78 is 6.16. The number of nitrogens with zero attached hydrogens (tertiary/aromatic N) is 3. The Bertz CT molecular complexity index is 1460. The van der Waals surface area contributed by atoms with E-state index in [1.807, 2.05) is 49.4 Å². The van der Waals surface area contributed by atoms with Gasteiger partial charge in [-0.1, -0.05) is 36.4 Å². The molecule has 5 rings (SSSR count). The summed E-state index contributed by atoms with van der Waals surface area (Å²) in [5.74, 6) is -0.411. The van der Waals surface area contributed by atoms with E-state index in [0.29, 0.717) is 62.4 Å². The molecule has 3 aromatic carbocycles. The van der Waals surface area contributed by atoms with Crippen LogP contribution in [0.15, 0.2) is 72.8 Å². The van der Waals surface area contributed by atoms with Gasteiger partial charge in [0.15, 0.2) is 0 Å². The zero-order valence-corrected chi connectivity index (χ0v) is 24.0. The monoisotopic (exact) mass is 568 g/mol. The highest BCUT2D eigenvalue weighted by molar-refractivity contribution is 6.08. The van der Waals surface area contributed by atoms with Crippen molar-refractivity contribution in [2.24, 2.45) is 0 Å². The van der Waals surface area contributed by atoms with Crippen LogP contribution in [0.2, 0.25) is 0 Å². The van der Waals surface area contributed by atoms with Crippen molar-refractivity contribution in [1.82, 2.24) is 9.80 Å². The van der Waals surface area contributed by atoms with Crippen LogP contribution in [0, 0.1) is 6.92 Å². The average molecular weight is 569 g/mol. The number of hydrogen-bond donors (Lipinski definition) is 1. The zero-order valence-electron chi connectivity index (χ0n) is 24.0. The highest BCUT2D eigenvalue weighted by Gasteiger charge is 2.29. The summed E-state index contributed by atoms with van der Waals surface area (Å²) >= 11 is 0. The first-order chi connectivity index (χ1) is 20.3. The number of aryl methyl sites for hydroxylation is 1. The van der Waals surface area contributed by atoms with Gasteiger partial charge in [0.1, 0.15) is 6.61 Å². The molecule has 9 heteroatoms. The van der Waals surface area contributed by atoms with E-state index in [1.54, 1.807) is 52.0 Å². The van der Waals surface area contributed by atoms with E-state index < -0.39 is 0 Å². The molecule has 9 nitrogen and oxygen atoms in total. The first-order valence-corrected chi connectivity index (χ1v) is 14.3. The van der Waals surface area contributed by atoms with Crippen LogP contribution < -0.4 is 10.2 Å². The van der Waals surface area contributed by atoms with E-state index in [0.717, 1.165) is 16.8 Å².